The van der Waals surface area contributed by atoms with Crippen molar-refractivity contribution in [3.05, 3.63) is 88.4 Å². The zero-order valence-electron chi connectivity index (χ0n) is 16.0. The van der Waals surface area contributed by atoms with Crippen LogP contribution in [0.2, 0.25) is 5.02 Å². The lowest BCUT2D eigenvalue weighted by molar-refractivity contribution is -0.136. The number of benzene rings is 3. The lowest BCUT2D eigenvalue weighted by atomic mass is 10.1. The highest BCUT2D eigenvalue weighted by Gasteiger charge is 2.34. The molecule has 2 N–H and O–H groups in total. The van der Waals surface area contributed by atoms with E-state index >= 15 is 0 Å². The number of carbonyl (C=O) groups excluding carboxylic acids is 1. The molecule has 0 spiro atoms. The molecule has 0 bridgehead atoms. The molecule has 0 aliphatic rings. The second-order valence-electron chi connectivity index (χ2n) is 6.54. The fraction of sp³-hybridized carbons (Fsp3) is 0.0952. The molecule has 0 atom stereocenters. The van der Waals surface area contributed by atoms with Gasteiger partial charge in [0.25, 0.3) is 15.9 Å². The Kier molecular flexibility index (Phi) is 6.28. The van der Waals surface area contributed by atoms with Crippen LogP contribution < -0.4 is 10.0 Å². The van der Waals surface area contributed by atoms with Crippen molar-refractivity contribution in [2.45, 2.75) is 18.0 Å². The molecule has 162 valence electrons. The van der Waals surface area contributed by atoms with Crippen LogP contribution >= 0.6 is 11.6 Å². The van der Waals surface area contributed by atoms with E-state index in [-0.39, 0.29) is 26.7 Å². The van der Waals surface area contributed by atoms with Crippen LogP contribution in [0.5, 0.6) is 0 Å². The Morgan fingerprint density at radius 3 is 2.26 bits per heavy atom. The van der Waals surface area contributed by atoms with Gasteiger partial charge in [-0.2, -0.15) is 13.2 Å². The van der Waals surface area contributed by atoms with E-state index in [1.807, 2.05) is 0 Å². The van der Waals surface area contributed by atoms with Gasteiger partial charge in [-0.1, -0.05) is 35.9 Å². The molecule has 1 amide bonds. The third kappa shape index (κ3) is 5.18. The smallest absolute Gasteiger partial charge is 0.321 e. The molecule has 0 unspecified atom stereocenters. The van der Waals surface area contributed by atoms with E-state index < -0.39 is 33.4 Å². The summed E-state index contributed by atoms with van der Waals surface area (Å²) in [5.41, 5.74) is -1.16. The molecule has 0 saturated carbocycles. The van der Waals surface area contributed by atoms with Gasteiger partial charge in [0.2, 0.25) is 0 Å². The molecule has 0 radical (unpaired) electrons. The zero-order chi connectivity index (χ0) is 22.8. The largest absolute Gasteiger partial charge is 0.418 e. The number of alkyl halides is 3. The summed E-state index contributed by atoms with van der Waals surface area (Å²) >= 11 is 5.66. The average Bonchev–Trinajstić information content (AvgIpc) is 2.70. The van der Waals surface area contributed by atoms with E-state index in [4.69, 9.17) is 11.6 Å². The van der Waals surface area contributed by atoms with Crippen molar-refractivity contribution in [3.63, 3.8) is 0 Å². The Hall–Kier alpha value is -3.04. The standard InChI is InChI=1S/C21H16ClF3N2O3S/c1-13-16(20(28)26-19-11-10-14(22)12-17(19)21(23,24)25)8-5-9-18(13)27-31(29,30)15-6-3-2-4-7-15/h2-12,27H,1H3,(H,26,28). The van der Waals surface area contributed by atoms with E-state index in [0.29, 0.717) is 6.07 Å². The van der Waals surface area contributed by atoms with Gasteiger partial charge in [0.15, 0.2) is 0 Å². The summed E-state index contributed by atoms with van der Waals surface area (Å²) < 4.78 is 67.4. The van der Waals surface area contributed by atoms with Crippen LogP contribution in [0, 0.1) is 6.92 Å². The van der Waals surface area contributed by atoms with Crippen LogP contribution in [0.25, 0.3) is 0 Å². The Morgan fingerprint density at radius 1 is 0.935 bits per heavy atom. The van der Waals surface area contributed by atoms with Gasteiger partial charge in [-0.3, -0.25) is 9.52 Å². The lowest BCUT2D eigenvalue weighted by Crippen LogP contribution is -2.19. The topological polar surface area (TPSA) is 75.3 Å². The first kappa shape index (κ1) is 22.6. The second-order valence-corrected chi connectivity index (χ2v) is 8.66. The summed E-state index contributed by atoms with van der Waals surface area (Å²) in [5, 5.41) is 2.10. The van der Waals surface area contributed by atoms with E-state index in [1.54, 1.807) is 18.2 Å². The molecule has 10 heteroatoms. The summed E-state index contributed by atoms with van der Waals surface area (Å²) in [6, 6.07) is 14.9. The highest BCUT2D eigenvalue weighted by Crippen LogP contribution is 2.37. The van der Waals surface area contributed by atoms with Gasteiger partial charge in [-0.25, -0.2) is 8.42 Å². The lowest BCUT2D eigenvalue weighted by Gasteiger charge is -2.16. The number of carbonyl (C=O) groups is 1. The van der Waals surface area contributed by atoms with Gasteiger partial charge in [0.1, 0.15) is 0 Å². The Morgan fingerprint density at radius 2 is 1.61 bits per heavy atom. The molecule has 0 aliphatic heterocycles. The predicted molar refractivity (Wildman–Crippen MR) is 113 cm³/mol. The molecular formula is C21H16ClF3N2O3S. The van der Waals surface area contributed by atoms with Crippen molar-refractivity contribution in [2.75, 3.05) is 10.0 Å². The maximum absolute atomic E-state index is 13.3. The summed E-state index contributed by atoms with van der Waals surface area (Å²) in [5.74, 6) is -0.828. The number of amides is 1. The fourth-order valence-electron chi connectivity index (χ4n) is 2.85. The maximum atomic E-state index is 13.3. The number of anilines is 2. The first-order valence-electron chi connectivity index (χ1n) is 8.84. The van der Waals surface area contributed by atoms with Crippen LogP contribution in [0.3, 0.4) is 0 Å². The zero-order valence-corrected chi connectivity index (χ0v) is 17.6. The molecule has 31 heavy (non-hydrogen) atoms. The minimum absolute atomic E-state index is 0.0105. The Balaban J connectivity index is 1.91. The SMILES string of the molecule is Cc1c(NS(=O)(=O)c2ccccc2)cccc1C(=O)Nc1ccc(Cl)cc1C(F)(F)F. The molecule has 0 aromatic heterocycles. The predicted octanol–water partition coefficient (Wildman–Crippen LogP) is 5.72. The highest BCUT2D eigenvalue weighted by molar-refractivity contribution is 7.92. The van der Waals surface area contributed by atoms with Crippen molar-refractivity contribution in [3.8, 4) is 0 Å². The van der Waals surface area contributed by atoms with E-state index in [9.17, 15) is 26.4 Å². The van der Waals surface area contributed by atoms with Crippen molar-refractivity contribution in [1.29, 1.82) is 0 Å². The maximum Gasteiger partial charge on any atom is 0.418 e. The summed E-state index contributed by atoms with van der Waals surface area (Å²) in [7, 11) is -3.91. The molecule has 0 heterocycles. The van der Waals surface area contributed by atoms with Crippen molar-refractivity contribution < 1.29 is 26.4 Å². The number of sulfonamides is 1. The third-order valence-corrected chi connectivity index (χ3v) is 6.03. The monoisotopic (exact) mass is 468 g/mol. The van der Waals surface area contributed by atoms with Crippen LogP contribution in [-0.2, 0) is 16.2 Å². The average molecular weight is 469 g/mol. The molecule has 5 nitrogen and oxygen atoms in total. The van der Waals surface area contributed by atoms with Gasteiger partial charge in [0, 0.05) is 10.6 Å². The Labute approximate surface area is 181 Å². The normalized spacial score (nSPS) is 11.8. The van der Waals surface area contributed by atoms with Gasteiger partial charge < -0.3 is 5.32 Å². The van der Waals surface area contributed by atoms with Gasteiger partial charge >= 0.3 is 6.18 Å². The number of hydrogen-bond donors (Lipinski definition) is 2. The van der Waals surface area contributed by atoms with Crippen LogP contribution in [-0.4, -0.2) is 14.3 Å². The minimum atomic E-state index is -4.73. The van der Waals surface area contributed by atoms with Crippen LogP contribution in [0.1, 0.15) is 21.5 Å². The third-order valence-electron chi connectivity index (χ3n) is 4.41. The van der Waals surface area contributed by atoms with Crippen LogP contribution in [0.15, 0.2) is 71.6 Å². The molecule has 0 fully saturated rings. The van der Waals surface area contributed by atoms with Crippen LogP contribution in [0.4, 0.5) is 24.5 Å². The van der Waals surface area contributed by atoms with Crippen molar-refractivity contribution >= 4 is 38.9 Å². The summed E-state index contributed by atoms with van der Waals surface area (Å²) in [4.78, 5) is 12.7. The quantitative estimate of drug-likeness (QED) is 0.503. The van der Waals surface area contributed by atoms with E-state index in [0.717, 1.165) is 6.07 Å². The van der Waals surface area contributed by atoms with E-state index in [2.05, 4.69) is 10.0 Å². The number of rotatable bonds is 5. The molecular weight excluding hydrogens is 453 g/mol. The molecule has 0 aliphatic carbocycles. The minimum Gasteiger partial charge on any atom is -0.321 e. The summed E-state index contributed by atoms with van der Waals surface area (Å²) in [6.45, 7) is 1.49. The molecule has 3 rings (SSSR count). The fourth-order valence-corrected chi connectivity index (χ4v) is 4.16. The molecule has 3 aromatic carbocycles. The van der Waals surface area contributed by atoms with E-state index in [1.165, 1.54) is 43.3 Å². The molecule has 0 saturated heterocycles. The van der Waals surface area contributed by atoms with Gasteiger partial charge in [-0.15, -0.1) is 0 Å². The van der Waals surface area contributed by atoms with Crippen molar-refractivity contribution in [1.82, 2.24) is 0 Å². The number of hydrogen-bond acceptors (Lipinski definition) is 3. The second kappa shape index (κ2) is 8.60. The van der Waals surface area contributed by atoms with Gasteiger partial charge in [0.05, 0.1) is 21.8 Å². The first-order chi connectivity index (χ1) is 14.5. The number of nitrogens with one attached hydrogen (secondary N) is 2. The molecule has 3 aromatic rings. The first-order valence-corrected chi connectivity index (χ1v) is 10.7. The van der Waals surface area contributed by atoms with Crippen molar-refractivity contribution in [2.24, 2.45) is 0 Å². The summed E-state index contributed by atoms with van der Waals surface area (Å²) in [6.07, 6.45) is -4.73. The number of halogens is 4. The Bertz CT molecular complexity index is 1230. The van der Waals surface area contributed by atoms with Gasteiger partial charge in [-0.05, 0) is 55.0 Å². The highest BCUT2D eigenvalue weighted by atomic mass is 35.5.